The quantitative estimate of drug-likeness (QED) is 0.673. The first-order chi connectivity index (χ1) is 12.1. The van der Waals surface area contributed by atoms with E-state index in [2.05, 4.69) is 31.5 Å². The number of pyridine rings is 1. The van der Waals surface area contributed by atoms with Crippen molar-refractivity contribution in [3.63, 3.8) is 0 Å². The molecule has 0 atom stereocenters. The predicted molar refractivity (Wildman–Crippen MR) is 101 cm³/mol. The largest absolute Gasteiger partial charge is 0.354 e. The topological polar surface area (TPSA) is 77.8 Å². The number of anilines is 3. The third-order valence-electron chi connectivity index (χ3n) is 3.38. The van der Waals surface area contributed by atoms with Crippen molar-refractivity contribution in [3.05, 3.63) is 82.6 Å². The van der Waals surface area contributed by atoms with Gasteiger partial charge >= 0.3 is 0 Å². The summed E-state index contributed by atoms with van der Waals surface area (Å²) in [4.78, 5) is 16.5. The predicted octanol–water partition coefficient (Wildman–Crippen LogP) is 4.71. The molecule has 122 valence electrons. The maximum Gasteiger partial charge on any atom is 0.257 e. The maximum absolute atomic E-state index is 12.4. The van der Waals surface area contributed by atoms with E-state index in [9.17, 15) is 4.79 Å². The van der Waals surface area contributed by atoms with E-state index in [0.717, 1.165) is 10.2 Å². The van der Waals surface area contributed by atoms with E-state index >= 15 is 0 Å². The van der Waals surface area contributed by atoms with Gasteiger partial charge in [-0.1, -0.05) is 22.0 Å². The number of benzene rings is 2. The van der Waals surface area contributed by atoms with Crippen molar-refractivity contribution in [3.8, 4) is 6.07 Å². The molecule has 0 bridgehead atoms. The fourth-order valence-corrected chi connectivity index (χ4v) is 2.47. The number of rotatable bonds is 4. The number of carbonyl (C=O) groups excluding carboxylic acids is 1. The lowest BCUT2D eigenvalue weighted by Gasteiger charge is -2.09. The van der Waals surface area contributed by atoms with E-state index in [4.69, 9.17) is 5.26 Å². The van der Waals surface area contributed by atoms with Crippen LogP contribution in [0, 0.1) is 11.3 Å². The molecule has 0 aliphatic carbocycles. The molecule has 1 amide bonds. The molecule has 0 radical (unpaired) electrons. The molecule has 25 heavy (non-hydrogen) atoms. The Labute approximate surface area is 153 Å². The molecule has 0 saturated heterocycles. The second kappa shape index (κ2) is 7.60. The minimum Gasteiger partial charge on any atom is -0.354 e. The van der Waals surface area contributed by atoms with Gasteiger partial charge in [0.15, 0.2) is 0 Å². The molecule has 0 saturated carbocycles. The number of carbonyl (C=O) groups is 1. The van der Waals surface area contributed by atoms with Gasteiger partial charge in [0.1, 0.15) is 0 Å². The molecule has 5 nitrogen and oxygen atoms in total. The summed E-state index contributed by atoms with van der Waals surface area (Å²) in [5, 5.41) is 14.9. The summed E-state index contributed by atoms with van der Waals surface area (Å²) >= 11 is 3.39. The van der Waals surface area contributed by atoms with Gasteiger partial charge in [-0.05, 0) is 48.5 Å². The Balaban J connectivity index is 1.75. The van der Waals surface area contributed by atoms with Crippen molar-refractivity contribution >= 4 is 38.9 Å². The van der Waals surface area contributed by atoms with Crippen LogP contribution in [-0.4, -0.2) is 10.9 Å². The second-order valence-corrected chi connectivity index (χ2v) is 6.16. The first kappa shape index (κ1) is 16.7. The van der Waals surface area contributed by atoms with Crippen LogP contribution < -0.4 is 10.6 Å². The van der Waals surface area contributed by atoms with Gasteiger partial charge in [-0.25, -0.2) is 0 Å². The fourth-order valence-electron chi connectivity index (χ4n) is 2.20. The normalized spacial score (nSPS) is 9.92. The molecule has 3 rings (SSSR count). The van der Waals surface area contributed by atoms with Crippen molar-refractivity contribution < 1.29 is 4.79 Å². The number of halogens is 1. The molecule has 0 unspecified atom stereocenters. The lowest BCUT2D eigenvalue weighted by molar-refractivity contribution is 0.102. The molecule has 0 spiro atoms. The van der Waals surface area contributed by atoms with Crippen LogP contribution in [0.15, 0.2) is 71.5 Å². The molecule has 2 aromatic carbocycles. The van der Waals surface area contributed by atoms with Crippen LogP contribution in [0.2, 0.25) is 0 Å². The Morgan fingerprint density at radius 3 is 2.56 bits per heavy atom. The first-order valence-corrected chi connectivity index (χ1v) is 8.22. The lowest BCUT2D eigenvalue weighted by Crippen LogP contribution is -2.12. The van der Waals surface area contributed by atoms with Crippen molar-refractivity contribution in [2.24, 2.45) is 0 Å². The molecule has 6 heteroatoms. The van der Waals surface area contributed by atoms with E-state index in [1.54, 1.807) is 36.5 Å². The zero-order valence-corrected chi connectivity index (χ0v) is 14.6. The van der Waals surface area contributed by atoms with Crippen molar-refractivity contribution in [1.82, 2.24) is 4.98 Å². The lowest BCUT2D eigenvalue weighted by atomic mass is 10.2. The Kier molecular flexibility index (Phi) is 5.07. The van der Waals surface area contributed by atoms with Crippen molar-refractivity contribution in [2.45, 2.75) is 0 Å². The highest BCUT2D eigenvalue weighted by Gasteiger charge is 2.08. The summed E-state index contributed by atoms with van der Waals surface area (Å²) in [5.41, 5.74) is 3.08. The van der Waals surface area contributed by atoms with Crippen LogP contribution >= 0.6 is 15.9 Å². The molecular weight excluding hydrogens is 380 g/mol. The third-order valence-corrected chi connectivity index (χ3v) is 3.91. The average Bonchev–Trinajstić information content (AvgIpc) is 2.64. The standard InChI is InChI=1S/C19H13BrN4O/c20-15-4-6-16(7-5-15)23-18-9-14(11-22-12-18)19(25)24-17-3-1-2-13(8-17)10-21/h1-9,11-12,23H,(H,24,25). The number of nitrogens with one attached hydrogen (secondary N) is 2. The van der Waals surface area contributed by atoms with Gasteiger partial charge in [-0.2, -0.15) is 5.26 Å². The summed E-state index contributed by atoms with van der Waals surface area (Å²) in [6, 6.07) is 18.2. The van der Waals surface area contributed by atoms with E-state index in [1.807, 2.05) is 30.3 Å². The summed E-state index contributed by atoms with van der Waals surface area (Å²) in [6.45, 7) is 0. The van der Waals surface area contributed by atoms with Gasteiger partial charge in [-0.3, -0.25) is 9.78 Å². The summed E-state index contributed by atoms with van der Waals surface area (Å²) in [5.74, 6) is -0.290. The number of hydrogen-bond donors (Lipinski definition) is 2. The third kappa shape index (κ3) is 4.43. The molecule has 0 aliphatic heterocycles. The van der Waals surface area contributed by atoms with Crippen LogP contribution in [0.5, 0.6) is 0 Å². The monoisotopic (exact) mass is 392 g/mol. The van der Waals surface area contributed by atoms with E-state index in [1.165, 1.54) is 6.20 Å². The number of hydrogen-bond acceptors (Lipinski definition) is 4. The van der Waals surface area contributed by atoms with Crippen molar-refractivity contribution in [2.75, 3.05) is 10.6 Å². The highest BCUT2D eigenvalue weighted by atomic mass is 79.9. The number of aromatic nitrogens is 1. The smallest absolute Gasteiger partial charge is 0.257 e. The average molecular weight is 393 g/mol. The van der Waals surface area contributed by atoms with E-state index in [0.29, 0.717) is 22.5 Å². The van der Waals surface area contributed by atoms with Crippen molar-refractivity contribution in [1.29, 1.82) is 5.26 Å². The number of nitrogens with zero attached hydrogens (tertiary/aromatic N) is 2. The molecule has 0 aliphatic rings. The maximum atomic E-state index is 12.4. The van der Waals surface area contributed by atoms with Crippen LogP contribution in [0.1, 0.15) is 15.9 Å². The highest BCUT2D eigenvalue weighted by molar-refractivity contribution is 9.10. The second-order valence-electron chi connectivity index (χ2n) is 5.24. The van der Waals surface area contributed by atoms with E-state index < -0.39 is 0 Å². The van der Waals surface area contributed by atoms with Crippen LogP contribution in [0.3, 0.4) is 0 Å². The Morgan fingerprint density at radius 1 is 1.00 bits per heavy atom. The minimum atomic E-state index is -0.290. The first-order valence-electron chi connectivity index (χ1n) is 7.43. The molecule has 1 heterocycles. The summed E-state index contributed by atoms with van der Waals surface area (Å²) < 4.78 is 0.990. The van der Waals surface area contributed by atoms with E-state index in [-0.39, 0.29) is 5.91 Å². The van der Waals surface area contributed by atoms with Gasteiger partial charge in [0.05, 0.1) is 29.1 Å². The number of nitriles is 1. The van der Waals surface area contributed by atoms with Crippen LogP contribution in [0.25, 0.3) is 0 Å². The Bertz CT molecular complexity index is 948. The number of amides is 1. The SMILES string of the molecule is N#Cc1cccc(NC(=O)c2cncc(Nc3ccc(Br)cc3)c2)c1. The van der Waals surface area contributed by atoms with Gasteiger partial charge < -0.3 is 10.6 Å². The van der Waals surface area contributed by atoms with Gasteiger partial charge in [0.25, 0.3) is 5.91 Å². The zero-order chi connectivity index (χ0) is 17.6. The van der Waals surface area contributed by atoms with Gasteiger partial charge in [-0.15, -0.1) is 0 Å². The van der Waals surface area contributed by atoms with Crippen LogP contribution in [0.4, 0.5) is 17.1 Å². The highest BCUT2D eigenvalue weighted by Crippen LogP contribution is 2.20. The minimum absolute atomic E-state index is 0.290. The van der Waals surface area contributed by atoms with Gasteiger partial charge in [0, 0.05) is 22.0 Å². The molecule has 3 aromatic rings. The fraction of sp³-hybridized carbons (Fsp3) is 0. The van der Waals surface area contributed by atoms with Gasteiger partial charge in [0.2, 0.25) is 0 Å². The molecule has 1 aromatic heterocycles. The van der Waals surface area contributed by atoms with Crippen LogP contribution in [-0.2, 0) is 0 Å². The zero-order valence-electron chi connectivity index (χ0n) is 13.0. The summed E-state index contributed by atoms with van der Waals surface area (Å²) in [6.07, 6.45) is 3.14. The molecule has 2 N–H and O–H groups in total. The Hall–Kier alpha value is -3.17. The molecule has 0 fully saturated rings. The summed E-state index contributed by atoms with van der Waals surface area (Å²) in [7, 11) is 0. The Morgan fingerprint density at radius 2 is 1.80 bits per heavy atom. The molecular formula is C19H13BrN4O.